The van der Waals surface area contributed by atoms with Crippen LogP contribution >= 0.6 is 27.5 Å². The number of nitrogens with one attached hydrogen (secondary N) is 1. The van der Waals surface area contributed by atoms with Crippen molar-refractivity contribution < 1.29 is 27.5 Å². The number of alkyl halides is 3. The minimum absolute atomic E-state index is 0.00383. The quantitative estimate of drug-likeness (QED) is 0.371. The second kappa shape index (κ2) is 9.09. The number of aliphatic hydroxyl groups is 1. The molecule has 7 nitrogen and oxygen atoms in total. The molecule has 1 aromatic carbocycles. The maximum Gasteiger partial charge on any atom is 0.434 e. The van der Waals surface area contributed by atoms with Gasteiger partial charge in [0.25, 0.3) is 5.91 Å². The zero-order valence-corrected chi connectivity index (χ0v) is 22.1. The Morgan fingerprint density at radius 3 is 2.46 bits per heavy atom. The van der Waals surface area contributed by atoms with Crippen molar-refractivity contribution in [3.05, 3.63) is 62.6 Å². The molecular formula is C24H23BrClF4N5O2. The van der Waals surface area contributed by atoms with E-state index in [2.05, 4.69) is 31.3 Å². The van der Waals surface area contributed by atoms with Crippen molar-refractivity contribution >= 4 is 39.1 Å². The Labute approximate surface area is 222 Å². The highest BCUT2D eigenvalue weighted by Crippen LogP contribution is 2.58. The number of imidazole rings is 1. The van der Waals surface area contributed by atoms with E-state index in [1.165, 1.54) is 25.2 Å². The van der Waals surface area contributed by atoms with Gasteiger partial charge < -0.3 is 15.0 Å². The molecule has 0 aliphatic heterocycles. The molecule has 0 radical (unpaired) electrons. The molecule has 13 heteroatoms. The lowest BCUT2D eigenvalue weighted by atomic mass is 9.90. The van der Waals surface area contributed by atoms with E-state index in [0.717, 1.165) is 4.68 Å². The third-order valence-electron chi connectivity index (χ3n) is 7.48. The lowest BCUT2D eigenvalue weighted by Crippen LogP contribution is -2.25. The minimum atomic E-state index is -4.61. The summed E-state index contributed by atoms with van der Waals surface area (Å²) < 4.78 is 56.0. The molecule has 2 atom stereocenters. The number of amides is 1. The number of halogens is 6. The largest absolute Gasteiger partial charge is 0.434 e. The van der Waals surface area contributed by atoms with Crippen molar-refractivity contribution in [3.63, 3.8) is 0 Å². The molecule has 0 bridgehead atoms. The van der Waals surface area contributed by atoms with Crippen LogP contribution in [0.2, 0.25) is 5.02 Å². The Hall–Kier alpha value is -2.44. The van der Waals surface area contributed by atoms with Gasteiger partial charge in [0.05, 0.1) is 21.5 Å². The van der Waals surface area contributed by atoms with Gasteiger partial charge in [-0.3, -0.25) is 9.48 Å². The molecule has 0 saturated heterocycles. The maximum atomic E-state index is 13.5. The molecule has 2 unspecified atom stereocenters. The van der Waals surface area contributed by atoms with Gasteiger partial charge in [-0.15, -0.1) is 0 Å². The number of aryl methyl sites for hydroxylation is 2. The van der Waals surface area contributed by atoms with E-state index >= 15 is 0 Å². The predicted octanol–water partition coefficient (Wildman–Crippen LogP) is 5.77. The summed E-state index contributed by atoms with van der Waals surface area (Å²) in [4.78, 5) is 17.6. The first-order valence-electron chi connectivity index (χ1n) is 11.6. The summed E-state index contributed by atoms with van der Waals surface area (Å²) >= 11 is 8.85. The molecule has 37 heavy (non-hydrogen) atoms. The van der Waals surface area contributed by atoms with E-state index in [9.17, 15) is 27.5 Å². The highest BCUT2D eigenvalue weighted by molar-refractivity contribution is 9.10. The average Bonchev–Trinajstić information content (AvgIpc) is 3.51. The number of rotatable bonds is 4. The molecule has 198 valence electrons. The number of hydrogen-bond acceptors (Lipinski definition) is 4. The highest BCUT2D eigenvalue weighted by Gasteiger charge is 2.53. The summed E-state index contributed by atoms with van der Waals surface area (Å²) in [5, 5.41) is 18.0. The predicted molar refractivity (Wildman–Crippen MR) is 131 cm³/mol. The Morgan fingerprint density at radius 2 is 1.89 bits per heavy atom. The van der Waals surface area contributed by atoms with Crippen LogP contribution in [0.25, 0.3) is 0 Å². The molecule has 5 rings (SSSR count). The molecule has 0 spiro atoms. The van der Waals surface area contributed by atoms with Crippen LogP contribution in [0.1, 0.15) is 59.2 Å². The van der Waals surface area contributed by atoms with Crippen molar-refractivity contribution in [1.82, 2.24) is 19.3 Å². The summed E-state index contributed by atoms with van der Waals surface area (Å²) in [6, 6.07) is 3.90. The molecule has 2 N–H and O–H groups in total. The number of aromatic nitrogens is 4. The lowest BCUT2D eigenvalue weighted by molar-refractivity contribution is -0.144. The molecule has 2 aliphatic rings. The molecule has 1 amide bonds. The van der Waals surface area contributed by atoms with Gasteiger partial charge in [0.2, 0.25) is 0 Å². The number of anilines is 1. The van der Waals surface area contributed by atoms with Crippen molar-refractivity contribution in [2.24, 2.45) is 25.9 Å². The van der Waals surface area contributed by atoms with Gasteiger partial charge in [-0.25, -0.2) is 9.37 Å². The SMILES string of the molecule is Cn1cnc(C2CC3CC(O)(c4nn(C)c(C(F)(F)F)c4Br)CC3C2)c1C(=O)Nc1ccc(F)c(Cl)c1. The standard InChI is InChI=1S/C24H23BrClF4N5O2/c1-34-10-31-18(19(34)22(36)32-14-3-4-16(27)15(26)7-14)11-5-12-8-23(37,9-13(12)6-11)20-17(25)21(24(28,29)30)35(2)33-20/h3-4,7,10-13,37H,5-6,8-9H2,1-2H3,(H,32,36). The van der Waals surface area contributed by atoms with Crippen LogP contribution < -0.4 is 5.32 Å². The van der Waals surface area contributed by atoms with Crippen LogP contribution in [0.3, 0.4) is 0 Å². The van der Waals surface area contributed by atoms with Crippen molar-refractivity contribution in [3.8, 4) is 0 Å². The van der Waals surface area contributed by atoms with E-state index in [-0.39, 0.29) is 45.8 Å². The van der Waals surface area contributed by atoms with Gasteiger partial charge >= 0.3 is 6.18 Å². The van der Waals surface area contributed by atoms with Gasteiger partial charge in [0.1, 0.15) is 22.8 Å². The van der Waals surface area contributed by atoms with E-state index < -0.39 is 29.2 Å². The number of nitrogens with zero attached hydrogens (tertiary/aromatic N) is 4. The fourth-order valence-electron chi connectivity index (χ4n) is 5.97. The zero-order valence-electron chi connectivity index (χ0n) is 19.8. The van der Waals surface area contributed by atoms with Crippen LogP contribution in [-0.4, -0.2) is 30.3 Å². The molecular weight excluding hydrogens is 582 g/mol. The molecule has 2 saturated carbocycles. The monoisotopic (exact) mass is 603 g/mol. The van der Waals surface area contributed by atoms with Crippen LogP contribution in [-0.2, 0) is 25.9 Å². The first-order chi connectivity index (χ1) is 17.3. The summed E-state index contributed by atoms with van der Waals surface area (Å²) in [7, 11) is 2.91. The Kier molecular flexibility index (Phi) is 6.43. The number of fused-ring (bicyclic) bond motifs is 1. The molecule has 3 aromatic rings. The second-order valence-corrected chi connectivity index (χ2v) is 11.1. The van der Waals surface area contributed by atoms with Crippen LogP contribution in [0.4, 0.5) is 23.2 Å². The normalized spacial score (nSPS) is 25.5. The van der Waals surface area contributed by atoms with E-state index in [4.69, 9.17) is 11.6 Å². The lowest BCUT2D eigenvalue weighted by Gasteiger charge is -2.23. The van der Waals surface area contributed by atoms with Crippen LogP contribution in [0.15, 0.2) is 29.0 Å². The first-order valence-corrected chi connectivity index (χ1v) is 12.8. The van der Waals surface area contributed by atoms with Gasteiger partial charge in [0.15, 0.2) is 5.69 Å². The summed E-state index contributed by atoms with van der Waals surface area (Å²) in [5.41, 5.74) is -1.09. The van der Waals surface area contributed by atoms with Crippen LogP contribution in [0.5, 0.6) is 0 Å². The fourth-order valence-corrected chi connectivity index (χ4v) is 7.08. The minimum Gasteiger partial charge on any atom is -0.383 e. The molecule has 2 heterocycles. The summed E-state index contributed by atoms with van der Waals surface area (Å²) in [6.45, 7) is 0. The number of hydrogen-bond donors (Lipinski definition) is 2. The van der Waals surface area contributed by atoms with Crippen molar-refractivity contribution in [2.45, 2.75) is 43.4 Å². The first kappa shape index (κ1) is 26.2. The average molecular weight is 605 g/mol. The maximum absolute atomic E-state index is 13.5. The van der Waals surface area contributed by atoms with E-state index in [1.54, 1.807) is 17.9 Å². The Morgan fingerprint density at radius 1 is 1.24 bits per heavy atom. The molecule has 2 fully saturated rings. The zero-order chi connectivity index (χ0) is 26.9. The topological polar surface area (TPSA) is 85.0 Å². The number of benzene rings is 1. The van der Waals surface area contributed by atoms with Gasteiger partial charge in [-0.05, 0) is 71.6 Å². The third-order valence-corrected chi connectivity index (χ3v) is 8.53. The molecule has 2 aliphatic carbocycles. The Bertz CT molecular complexity index is 1370. The van der Waals surface area contributed by atoms with Crippen molar-refractivity contribution in [2.75, 3.05) is 5.32 Å². The summed E-state index contributed by atoms with van der Waals surface area (Å²) in [5.74, 6) is -0.996. The highest BCUT2D eigenvalue weighted by atomic mass is 79.9. The third kappa shape index (κ3) is 4.57. The van der Waals surface area contributed by atoms with E-state index in [1.807, 2.05) is 0 Å². The molecule has 2 aromatic heterocycles. The van der Waals surface area contributed by atoms with Gasteiger partial charge in [0, 0.05) is 25.7 Å². The van der Waals surface area contributed by atoms with E-state index in [0.29, 0.717) is 29.9 Å². The number of carbonyl (C=O) groups excluding carboxylic acids is 1. The smallest absolute Gasteiger partial charge is 0.383 e. The fraction of sp³-hybridized carbons (Fsp3) is 0.458. The van der Waals surface area contributed by atoms with Crippen LogP contribution in [0, 0.1) is 17.7 Å². The number of carbonyl (C=O) groups is 1. The summed E-state index contributed by atoms with van der Waals surface area (Å²) in [6.07, 6.45) is -1.26. The Balaban J connectivity index is 1.34. The second-order valence-electron chi connectivity index (χ2n) is 9.93. The van der Waals surface area contributed by atoms with Crippen molar-refractivity contribution in [1.29, 1.82) is 0 Å². The van der Waals surface area contributed by atoms with Gasteiger partial charge in [-0.2, -0.15) is 18.3 Å². The van der Waals surface area contributed by atoms with Gasteiger partial charge in [-0.1, -0.05) is 11.6 Å².